The number of hydrogen-bond donors (Lipinski definition) is 2. The molecular weight excluding hydrogens is 334 g/mol. The summed E-state index contributed by atoms with van der Waals surface area (Å²) in [4.78, 5) is 43.9. The fraction of sp³-hybridized carbons (Fsp3) is 0.263. The highest BCUT2D eigenvalue weighted by molar-refractivity contribution is 6.34. The molecule has 26 heavy (non-hydrogen) atoms. The van der Waals surface area contributed by atoms with Crippen molar-refractivity contribution in [3.63, 3.8) is 0 Å². The monoisotopic (exact) mass is 353 g/mol. The first-order valence-electron chi connectivity index (χ1n) is 8.25. The van der Waals surface area contributed by atoms with E-state index >= 15 is 0 Å². The van der Waals surface area contributed by atoms with Crippen LogP contribution in [0.5, 0.6) is 0 Å². The molecule has 2 aromatic rings. The van der Waals surface area contributed by atoms with Crippen LogP contribution >= 0.6 is 0 Å². The van der Waals surface area contributed by atoms with Crippen LogP contribution < -0.4 is 5.32 Å². The summed E-state index contributed by atoms with van der Waals surface area (Å²) < 4.78 is 5.03. The number of carbonyl (C=O) groups excluding carboxylic acids is 3. The average molecular weight is 353 g/mol. The molecule has 0 bridgehead atoms. The number of aromatic nitrogens is 2. The van der Waals surface area contributed by atoms with Crippen molar-refractivity contribution in [3.05, 3.63) is 46.0 Å². The number of nitrogens with one attached hydrogen (secondary N) is 2. The minimum absolute atomic E-state index is 0.208. The summed E-state index contributed by atoms with van der Waals surface area (Å²) in [6.45, 7) is 6.85. The summed E-state index contributed by atoms with van der Waals surface area (Å²) in [5, 5.41) is 2.75. The first kappa shape index (κ1) is 17.6. The van der Waals surface area contributed by atoms with E-state index in [0.29, 0.717) is 33.8 Å². The largest absolute Gasteiger partial charge is 0.461 e. The van der Waals surface area contributed by atoms with Crippen molar-refractivity contribution in [2.45, 2.75) is 27.7 Å². The summed E-state index contributed by atoms with van der Waals surface area (Å²) in [5.41, 5.74) is 3.70. The lowest BCUT2D eigenvalue weighted by Crippen LogP contribution is -2.07. The van der Waals surface area contributed by atoms with E-state index in [9.17, 15) is 14.4 Å². The van der Waals surface area contributed by atoms with E-state index in [1.54, 1.807) is 32.1 Å². The number of carbonyl (C=O) groups is 3. The van der Waals surface area contributed by atoms with Gasteiger partial charge in [-0.1, -0.05) is 0 Å². The number of amides is 1. The first-order chi connectivity index (χ1) is 12.3. The lowest BCUT2D eigenvalue weighted by atomic mass is 10.0. The molecule has 0 fully saturated rings. The highest BCUT2D eigenvalue weighted by Gasteiger charge is 2.28. The van der Waals surface area contributed by atoms with Crippen LogP contribution in [0.4, 0.5) is 5.69 Å². The molecule has 0 aliphatic carbocycles. The Balaban J connectivity index is 2.16. The number of esters is 1. The zero-order valence-corrected chi connectivity index (χ0v) is 15.0. The SMILES string of the molecule is CCOC(=O)c1[nH]c(C=C2C(=O)Nc3ccc(C)nc32)c(C(C)=O)c1C. The molecule has 1 amide bonds. The van der Waals surface area contributed by atoms with Gasteiger partial charge in [-0.25, -0.2) is 4.79 Å². The van der Waals surface area contributed by atoms with Gasteiger partial charge in [0.15, 0.2) is 5.78 Å². The van der Waals surface area contributed by atoms with Crippen molar-refractivity contribution in [2.75, 3.05) is 11.9 Å². The number of aromatic amines is 1. The fourth-order valence-corrected chi connectivity index (χ4v) is 3.03. The second kappa shape index (κ2) is 6.59. The molecule has 0 atom stereocenters. The van der Waals surface area contributed by atoms with Gasteiger partial charge in [-0.05, 0) is 51.5 Å². The van der Waals surface area contributed by atoms with E-state index < -0.39 is 5.97 Å². The second-order valence-electron chi connectivity index (χ2n) is 6.05. The van der Waals surface area contributed by atoms with Crippen molar-refractivity contribution in [1.29, 1.82) is 0 Å². The van der Waals surface area contributed by atoms with Gasteiger partial charge in [-0.3, -0.25) is 14.6 Å². The van der Waals surface area contributed by atoms with Gasteiger partial charge >= 0.3 is 5.97 Å². The van der Waals surface area contributed by atoms with E-state index in [0.717, 1.165) is 5.69 Å². The van der Waals surface area contributed by atoms with Crippen LogP contribution in [0.25, 0.3) is 11.6 Å². The Labute approximate surface area is 150 Å². The quantitative estimate of drug-likeness (QED) is 0.500. The van der Waals surface area contributed by atoms with Crippen LogP contribution in [0.15, 0.2) is 12.1 Å². The Morgan fingerprint density at radius 1 is 1.27 bits per heavy atom. The Bertz CT molecular complexity index is 969. The highest BCUT2D eigenvalue weighted by Crippen LogP contribution is 2.33. The summed E-state index contributed by atoms with van der Waals surface area (Å²) in [5.74, 6) is -1.06. The number of fused-ring (bicyclic) bond motifs is 1. The lowest BCUT2D eigenvalue weighted by Gasteiger charge is -2.00. The van der Waals surface area contributed by atoms with Crippen molar-refractivity contribution in [3.8, 4) is 0 Å². The molecule has 0 saturated heterocycles. The number of anilines is 1. The molecule has 0 saturated carbocycles. The second-order valence-corrected chi connectivity index (χ2v) is 6.05. The van der Waals surface area contributed by atoms with Crippen LogP contribution in [-0.4, -0.2) is 34.2 Å². The Hall–Kier alpha value is -3.22. The van der Waals surface area contributed by atoms with Crippen molar-refractivity contribution >= 4 is 35.0 Å². The predicted molar refractivity (Wildman–Crippen MR) is 97.0 cm³/mol. The zero-order chi connectivity index (χ0) is 19.0. The summed E-state index contributed by atoms with van der Waals surface area (Å²) in [6.07, 6.45) is 1.56. The van der Waals surface area contributed by atoms with Gasteiger partial charge in [-0.15, -0.1) is 0 Å². The number of ketones is 1. The van der Waals surface area contributed by atoms with E-state index in [-0.39, 0.29) is 24.0 Å². The van der Waals surface area contributed by atoms with Gasteiger partial charge in [0.1, 0.15) is 5.69 Å². The molecular formula is C19H19N3O4. The minimum atomic E-state index is -0.539. The molecule has 1 aliphatic rings. The number of ether oxygens (including phenoxy) is 1. The van der Waals surface area contributed by atoms with Crippen LogP contribution in [0.3, 0.4) is 0 Å². The third-order valence-corrected chi connectivity index (χ3v) is 4.18. The molecule has 0 aromatic carbocycles. The number of pyridine rings is 1. The molecule has 2 N–H and O–H groups in total. The maximum atomic E-state index is 12.3. The molecule has 7 heteroatoms. The third-order valence-electron chi connectivity index (χ3n) is 4.18. The standard InChI is InChI=1S/C19H19N3O4/c1-5-26-19(25)16-10(3)15(11(4)23)14(21-16)8-12-17-13(22-18(12)24)7-6-9(2)20-17/h6-8,21H,5H2,1-4H3,(H,22,24). The summed E-state index contributed by atoms with van der Waals surface area (Å²) >= 11 is 0. The third kappa shape index (κ3) is 2.92. The Morgan fingerprint density at radius 2 is 2.00 bits per heavy atom. The Morgan fingerprint density at radius 3 is 2.65 bits per heavy atom. The number of H-pyrrole nitrogens is 1. The molecule has 7 nitrogen and oxygen atoms in total. The van der Waals surface area contributed by atoms with Crippen molar-refractivity contribution in [2.24, 2.45) is 0 Å². The maximum absolute atomic E-state index is 12.3. The van der Waals surface area contributed by atoms with Gasteiger partial charge < -0.3 is 15.0 Å². The molecule has 2 aromatic heterocycles. The first-order valence-corrected chi connectivity index (χ1v) is 8.25. The molecule has 1 aliphatic heterocycles. The van der Waals surface area contributed by atoms with E-state index in [1.807, 2.05) is 6.92 Å². The predicted octanol–water partition coefficient (Wildman–Crippen LogP) is 2.90. The van der Waals surface area contributed by atoms with E-state index in [4.69, 9.17) is 4.74 Å². The normalized spacial score (nSPS) is 14.3. The van der Waals surface area contributed by atoms with Crippen molar-refractivity contribution < 1.29 is 19.1 Å². The zero-order valence-electron chi connectivity index (χ0n) is 15.0. The number of nitrogens with zero attached hydrogens (tertiary/aromatic N) is 1. The van der Waals surface area contributed by atoms with Crippen LogP contribution in [0, 0.1) is 13.8 Å². The van der Waals surface area contributed by atoms with Gasteiger partial charge in [-0.2, -0.15) is 0 Å². The molecule has 0 radical (unpaired) electrons. The van der Waals surface area contributed by atoms with E-state index in [1.165, 1.54) is 6.92 Å². The number of hydrogen-bond acceptors (Lipinski definition) is 5. The maximum Gasteiger partial charge on any atom is 0.355 e. The molecule has 0 unspecified atom stereocenters. The molecule has 0 spiro atoms. The van der Waals surface area contributed by atoms with Crippen LogP contribution in [0.1, 0.15) is 57.3 Å². The van der Waals surface area contributed by atoms with Crippen LogP contribution in [0.2, 0.25) is 0 Å². The Kier molecular flexibility index (Phi) is 4.46. The minimum Gasteiger partial charge on any atom is -0.461 e. The number of Topliss-reactive ketones (excluding diaryl/α,β-unsaturated/α-hetero) is 1. The summed E-state index contributed by atoms with van der Waals surface area (Å²) in [7, 11) is 0. The van der Waals surface area contributed by atoms with Gasteiger partial charge in [0, 0.05) is 11.3 Å². The average Bonchev–Trinajstić information content (AvgIpc) is 3.05. The van der Waals surface area contributed by atoms with E-state index in [2.05, 4.69) is 15.3 Å². The topological polar surface area (TPSA) is 101 Å². The van der Waals surface area contributed by atoms with Gasteiger partial charge in [0.2, 0.25) is 0 Å². The fourth-order valence-electron chi connectivity index (χ4n) is 3.03. The number of aryl methyl sites for hydroxylation is 1. The smallest absolute Gasteiger partial charge is 0.355 e. The molecule has 3 rings (SSSR count). The van der Waals surface area contributed by atoms with Gasteiger partial charge in [0.05, 0.1) is 29.3 Å². The lowest BCUT2D eigenvalue weighted by molar-refractivity contribution is -0.110. The highest BCUT2D eigenvalue weighted by atomic mass is 16.5. The molecule has 134 valence electrons. The number of rotatable bonds is 4. The van der Waals surface area contributed by atoms with Crippen molar-refractivity contribution in [1.82, 2.24) is 9.97 Å². The molecule has 3 heterocycles. The van der Waals surface area contributed by atoms with Crippen LogP contribution in [-0.2, 0) is 9.53 Å². The van der Waals surface area contributed by atoms with Gasteiger partial charge in [0.25, 0.3) is 5.91 Å². The summed E-state index contributed by atoms with van der Waals surface area (Å²) in [6, 6.07) is 3.59.